The van der Waals surface area contributed by atoms with E-state index in [1.54, 1.807) is 11.8 Å². The highest BCUT2D eigenvalue weighted by Crippen LogP contribution is 2.20. The quantitative estimate of drug-likeness (QED) is 0.646. The van der Waals surface area contributed by atoms with Crippen LogP contribution in [-0.4, -0.2) is 65.3 Å². The Labute approximate surface area is 145 Å². The molecule has 24 heavy (non-hydrogen) atoms. The minimum absolute atomic E-state index is 0.0157. The largest absolute Gasteiger partial charge is 0.480 e. The summed E-state index contributed by atoms with van der Waals surface area (Å²) in [5.41, 5.74) is 0.0299. The molecule has 1 atom stereocenters. The third kappa shape index (κ3) is 4.31. The summed E-state index contributed by atoms with van der Waals surface area (Å²) >= 11 is 1.70. The number of amides is 1. The highest BCUT2D eigenvalue weighted by molar-refractivity contribution is 7.99. The van der Waals surface area contributed by atoms with Crippen LogP contribution in [0.4, 0.5) is 0 Å². The van der Waals surface area contributed by atoms with Gasteiger partial charge in [-0.05, 0) is 12.5 Å². The van der Waals surface area contributed by atoms with Crippen LogP contribution in [0.5, 0.6) is 0 Å². The number of carboxylic acid groups (broad SMARTS) is 1. The summed E-state index contributed by atoms with van der Waals surface area (Å²) in [6, 6.07) is 0.252. The molecule has 0 aliphatic carbocycles. The van der Waals surface area contributed by atoms with E-state index in [1.807, 2.05) is 6.92 Å². The number of carbonyl (C=O) groups is 2. The molecule has 1 saturated heterocycles. The second-order valence-electron chi connectivity index (χ2n) is 5.42. The molecule has 1 unspecified atom stereocenters. The number of aliphatic carboxylic acids is 1. The van der Waals surface area contributed by atoms with Crippen LogP contribution in [0.25, 0.3) is 0 Å². The van der Waals surface area contributed by atoms with Gasteiger partial charge < -0.3 is 15.4 Å². The number of sulfonamides is 1. The molecule has 0 spiro atoms. The normalized spacial score (nSPS) is 17.4. The molecular weight excluding hydrogens is 354 g/mol. The Hall–Kier alpha value is -1.52. The molecule has 2 heterocycles. The van der Waals surface area contributed by atoms with Gasteiger partial charge in [0, 0.05) is 30.8 Å². The van der Waals surface area contributed by atoms with E-state index in [0.717, 1.165) is 11.5 Å². The maximum Gasteiger partial charge on any atom is 0.326 e. The van der Waals surface area contributed by atoms with E-state index in [-0.39, 0.29) is 10.6 Å². The fraction of sp³-hybridized carbons (Fsp3) is 0.571. The Morgan fingerprint density at radius 1 is 1.42 bits per heavy atom. The topological polar surface area (TPSA) is 120 Å². The van der Waals surface area contributed by atoms with Crippen LogP contribution in [0.2, 0.25) is 0 Å². The Kier molecular flexibility index (Phi) is 6.30. The molecule has 3 N–H and O–H groups in total. The molecule has 134 valence electrons. The van der Waals surface area contributed by atoms with E-state index in [1.165, 1.54) is 16.6 Å². The first kappa shape index (κ1) is 18.8. The minimum Gasteiger partial charge on any atom is -0.480 e. The average molecular weight is 375 g/mol. The zero-order valence-corrected chi connectivity index (χ0v) is 15.0. The third-order valence-corrected chi connectivity index (χ3v) is 6.51. The van der Waals surface area contributed by atoms with E-state index in [4.69, 9.17) is 5.11 Å². The molecule has 10 heteroatoms. The van der Waals surface area contributed by atoms with Crippen molar-refractivity contribution in [2.45, 2.75) is 30.7 Å². The number of thioether (sulfide) groups is 1. The summed E-state index contributed by atoms with van der Waals surface area (Å²) in [7, 11) is -3.64. The van der Waals surface area contributed by atoms with Crippen LogP contribution in [0, 0.1) is 0 Å². The smallest absolute Gasteiger partial charge is 0.326 e. The van der Waals surface area contributed by atoms with E-state index >= 15 is 0 Å². The Bertz CT molecular complexity index is 695. The number of carboxylic acids is 1. The van der Waals surface area contributed by atoms with Crippen LogP contribution in [-0.2, 0) is 14.8 Å². The summed E-state index contributed by atoms with van der Waals surface area (Å²) in [6.07, 6.45) is 2.18. The van der Waals surface area contributed by atoms with E-state index in [2.05, 4.69) is 10.3 Å². The summed E-state index contributed by atoms with van der Waals surface area (Å²) in [5.74, 6) is -0.260. The number of hydrogen-bond acceptors (Lipinski definition) is 5. The number of aromatic amines is 1. The van der Waals surface area contributed by atoms with Crippen LogP contribution >= 0.6 is 11.8 Å². The number of nitrogens with one attached hydrogen (secondary N) is 2. The first-order chi connectivity index (χ1) is 11.4. The van der Waals surface area contributed by atoms with Crippen molar-refractivity contribution in [1.29, 1.82) is 0 Å². The molecule has 0 radical (unpaired) electrons. The molecule has 0 saturated carbocycles. The Morgan fingerprint density at radius 3 is 2.67 bits per heavy atom. The van der Waals surface area contributed by atoms with Crippen LogP contribution < -0.4 is 5.32 Å². The number of hydrogen-bond donors (Lipinski definition) is 3. The molecule has 1 aliphatic heterocycles. The summed E-state index contributed by atoms with van der Waals surface area (Å²) in [5, 5.41) is 11.5. The van der Waals surface area contributed by atoms with E-state index in [9.17, 15) is 18.0 Å². The van der Waals surface area contributed by atoms with Gasteiger partial charge in [0.2, 0.25) is 10.0 Å². The molecule has 1 aliphatic rings. The lowest BCUT2D eigenvalue weighted by Crippen LogP contribution is -2.40. The molecule has 1 fully saturated rings. The third-order valence-electron chi connectivity index (χ3n) is 3.69. The van der Waals surface area contributed by atoms with Crippen molar-refractivity contribution in [2.24, 2.45) is 0 Å². The number of aromatic nitrogens is 1. The SMILES string of the molecule is CCCC(NC(=O)c1cc(S(=O)(=O)N2CCSCC2)c[nH]1)C(=O)O. The fourth-order valence-electron chi connectivity index (χ4n) is 2.37. The lowest BCUT2D eigenvalue weighted by Gasteiger charge is -2.24. The van der Waals surface area contributed by atoms with Crippen molar-refractivity contribution in [3.05, 3.63) is 18.0 Å². The van der Waals surface area contributed by atoms with Crippen molar-refractivity contribution in [3.8, 4) is 0 Å². The van der Waals surface area contributed by atoms with Crippen molar-refractivity contribution in [3.63, 3.8) is 0 Å². The second kappa shape index (κ2) is 8.04. The number of carbonyl (C=O) groups excluding carboxylic acids is 1. The van der Waals surface area contributed by atoms with Crippen LogP contribution in [0.1, 0.15) is 30.3 Å². The predicted molar refractivity (Wildman–Crippen MR) is 90.7 cm³/mol. The number of nitrogens with zero attached hydrogens (tertiary/aromatic N) is 1. The summed E-state index contributed by atoms with van der Waals surface area (Å²) < 4.78 is 26.4. The molecule has 1 aromatic heterocycles. The highest BCUT2D eigenvalue weighted by atomic mass is 32.2. The lowest BCUT2D eigenvalue weighted by atomic mass is 10.1. The fourth-order valence-corrected chi connectivity index (χ4v) is 4.94. The lowest BCUT2D eigenvalue weighted by molar-refractivity contribution is -0.139. The zero-order chi connectivity index (χ0) is 17.7. The number of H-pyrrole nitrogens is 1. The van der Waals surface area contributed by atoms with Gasteiger partial charge >= 0.3 is 5.97 Å². The van der Waals surface area contributed by atoms with Gasteiger partial charge in [0.1, 0.15) is 16.6 Å². The summed E-state index contributed by atoms with van der Waals surface area (Å²) in [6.45, 7) is 2.70. The monoisotopic (exact) mass is 375 g/mol. The van der Waals surface area contributed by atoms with Gasteiger partial charge in [0.15, 0.2) is 0 Å². The number of rotatable bonds is 7. The van der Waals surface area contributed by atoms with E-state index < -0.39 is 27.9 Å². The first-order valence-corrected chi connectivity index (χ1v) is 10.3. The van der Waals surface area contributed by atoms with Gasteiger partial charge in [-0.1, -0.05) is 13.3 Å². The standard InChI is InChI=1S/C14H21N3O5S2/c1-2-3-11(14(19)20)16-13(18)12-8-10(9-15-12)24(21,22)17-4-6-23-7-5-17/h8-9,11,15H,2-7H2,1H3,(H,16,18)(H,19,20). The van der Waals surface area contributed by atoms with Gasteiger partial charge in [-0.2, -0.15) is 16.1 Å². The second-order valence-corrected chi connectivity index (χ2v) is 8.58. The molecule has 1 aromatic rings. The van der Waals surface area contributed by atoms with Gasteiger partial charge in [0.25, 0.3) is 5.91 Å². The predicted octanol–water partition coefficient (Wildman–Crippen LogP) is 0.735. The maximum absolute atomic E-state index is 12.5. The maximum atomic E-state index is 12.5. The van der Waals surface area contributed by atoms with Crippen LogP contribution in [0.3, 0.4) is 0 Å². The van der Waals surface area contributed by atoms with Gasteiger partial charge in [-0.25, -0.2) is 13.2 Å². The van der Waals surface area contributed by atoms with Gasteiger partial charge in [0.05, 0.1) is 0 Å². The van der Waals surface area contributed by atoms with Crippen molar-refractivity contribution in [2.75, 3.05) is 24.6 Å². The molecule has 0 aromatic carbocycles. The van der Waals surface area contributed by atoms with Gasteiger partial charge in [-0.15, -0.1) is 0 Å². The van der Waals surface area contributed by atoms with Gasteiger partial charge in [-0.3, -0.25) is 4.79 Å². The van der Waals surface area contributed by atoms with Crippen molar-refractivity contribution >= 4 is 33.7 Å². The molecule has 0 bridgehead atoms. The van der Waals surface area contributed by atoms with Crippen molar-refractivity contribution in [1.82, 2.24) is 14.6 Å². The average Bonchev–Trinajstić information content (AvgIpc) is 3.06. The van der Waals surface area contributed by atoms with Crippen LogP contribution in [0.15, 0.2) is 17.2 Å². The summed E-state index contributed by atoms with van der Waals surface area (Å²) in [4.78, 5) is 25.9. The Morgan fingerprint density at radius 2 is 2.08 bits per heavy atom. The first-order valence-electron chi connectivity index (χ1n) is 7.66. The van der Waals surface area contributed by atoms with E-state index in [0.29, 0.717) is 25.9 Å². The van der Waals surface area contributed by atoms with Crippen molar-refractivity contribution < 1.29 is 23.1 Å². The zero-order valence-electron chi connectivity index (χ0n) is 13.3. The minimum atomic E-state index is -3.64. The Balaban J connectivity index is 2.11. The molecule has 2 rings (SSSR count). The molecule has 1 amide bonds. The highest BCUT2D eigenvalue weighted by Gasteiger charge is 2.28. The molecule has 8 nitrogen and oxygen atoms in total. The molecular formula is C14H21N3O5S2.